The molecule has 0 radical (unpaired) electrons. The van der Waals surface area contributed by atoms with E-state index in [1.807, 2.05) is 0 Å². The molecule has 1 fully saturated rings. The summed E-state index contributed by atoms with van der Waals surface area (Å²) in [6.07, 6.45) is 0. The number of hydrogen-bond donors (Lipinski definition) is 3. The van der Waals surface area contributed by atoms with Crippen LogP contribution in [0.4, 0.5) is 11.4 Å². The van der Waals surface area contributed by atoms with Gasteiger partial charge in [-0.3, -0.25) is 4.79 Å². The van der Waals surface area contributed by atoms with Crippen LogP contribution in [-0.4, -0.2) is 33.5 Å². The minimum Gasteiger partial charge on any atom is -0.399 e. The van der Waals surface area contributed by atoms with E-state index in [9.17, 15) is 13.2 Å². The number of carbonyl (C=O) groups excluding carboxylic acids is 1. The van der Waals surface area contributed by atoms with Crippen molar-refractivity contribution in [3.63, 3.8) is 0 Å². The van der Waals surface area contributed by atoms with Gasteiger partial charge in [0.15, 0.2) is 0 Å². The fourth-order valence-electron chi connectivity index (χ4n) is 2.11. The fraction of sp³-hybridized carbons (Fsp3) is 0.364. The van der Waals surface area contributed by atoms with Crippen molar-refractivity contribution < 1.29 is 13.2 Å². The predicted molar refractivity (Wildman–Crippen MR) is 72.0 cm³/mol. The molecular weight excluding hydrogens is 268 g/mol. The third-order valence-electron chi connectivity index (χ3n) is 3.10. The monoisotopic (exact) mass is 284 g/mol. The highest BCUT2D eigenvalue weighted by atomic mass is 32.2. The van der Waals surface area contributed by atoms with Crippen molar-refractivity contribution in [1.82, 2.24) is 5.32 Å². The first kappa shape index (κ1) is 13.6. The first-order valence-electron chi connectivity index (χ1n) is 5.77. The van der Waals surface area contributed by atoms with Crippen molar-refractivity contribution in [3.05, 3.63) is 18.2 Å². The van der Waals surface area contributed by atoms with Gasteiger partial charge in [-0.2, -0.15) is 0 Å². The van der Waals surface area contributed by atoms with Crippen molar-refractivity contribution in [2.24, 2.45) is 5.14 Å². The molecule has 0 spiro atoms. The molecule has 0 aromatic heterocycles. The zero-order valence-corrected chi connectivity index (χ0v) is 11.3. The number of hydrogen-bond acceptors (Lipinski definition) is 5. The lowest BCUT2D eigenvalue weighted by Crippen LogP contribution is -2.54. The van der Waals surface area contributed by atoms with Gasteiger partial charge in [-0.1, -0.05) is 0 Å². The van der Waals surface area contributed by atoms with Gasteiger partial charge in [0, 0.05) is 18.8 Å². The molecule has 7 nitrogen and oxygen atoms in total. The van der Waals surface area contributed by atoms with Gasteiger partial charge in [0.1, 0.15) is 10.9 Å². The number of nitrogens with two attached hydrogens (primary N) is 2. The number of benzene rings is 1. The van der Waals surface area contributed by atoms with Crippen molar-refractivity contribution in [2.75, 3.05) is 23.7 Å². The van der Waals surface area contributed by atoms with Crippen LogP contribution in [0.1, 0.15) is 6.92 Å². The molecule has 1 amide bonds. The van der Waals surface area contributed by atoms with Gasteiger partial charge in [-0.25, -0.2) is 13.6 Å². The summed E-state index contributed by atoms with van der Waals surface area (Å²) >= 11 is 0. The smallest absolute Gasteiger partial charge is 0.242 e. The molecule has 1 saturated heterocycles. The lowest BCUT2D eigenvalue weighted by molar-refractivity contribution is -0.122. The van der Waals surface area contributed by atoms with Crippen LogP contribution in [0.25, 0.3) is 0 Å². The van der Waals surface area contributed by atoms with Crippen LogP contribution < -0.4 is 21.1 Å². The predicted octanol–water partition coefficient (Wildman–Crippen LogP) is -0.759. The second-order valence-corrected chi connectivity index (χ2v) is 5.96. The molecular formula is C11H16N4O3S. The van der Waals surface area contributed by atoms with Gasteiger partial charge in [0.25, 0.3) is 0 Å². The van der Waals surface area contributed by atoms with Gasteiger partial charge < -0.3 is 16.0 Å². The third kappa shape index (κ3) is 2.64. The SMILES string of the molecule is CC1C(=O)NCCN1c1ccc(N)cc1S(N)(=O)=O. The molecule has 104 valence electrons. The van der Waals surface area contributed by atoms with E-state index in [-0.39, 0.29) is 10.8 Å². The summed E-state index contributed by atoms with van der Waals surface area (Å²) in [5.41, 5.74) is 6.31. The summed E-state index contributed by atoms with van der Waals surface area (Å²) in [5, 5.41) is 7.92. The zero-order chi connectivity index (χ0) is 14.2. The molecule has 1 aliphatic rings. The van der Waals surface area contributed by atoms with E-state index in [1.54, 1.807) is 24.0 Å². The van der Waals surface area contributed by atoms with Crippen molar-refractivity contribution in [3.8, 4) is 0 Å². The van der Waals surface area contributed by atoms with E-state index in [1.165, 1.54) is 6.07 Å². The van der Waals surface area contributed by atoms with Crippen LogP contribution in [0.2, 0.25) is 0 Å². The van der Waals surface area contributed by atoms with Crippen molar-refractivity contribution in [2.45, 2.75) is 17.9 Å². The summed E-state index contributed by atoms with van der Waals surface area (Å²) in [6, 6.07) is 4.01. The Kier molecular flexibility index (Phi) is 3.38. The Bertz CT molecular complexity index is 614. The number of amides is 1. The molecule has 1 heterocycles. The van der Waals surface area contributed by atoms with Gasteiger partial charge in [-0.05, 0) is 25.1 Å². The topological polar surface area (TPSA) is 119 Å². The molecule has 1 atom stereocenters. The second-order valence-electron chi connectivity index (χ2n) is 4.43. The number of nitrogens with one attached hydrogen (secondary N) is 1. The van der Waals surface area contributed by atoms with E-state index in [0.29, 0.717) is 24.5 Å². The number of carbonyl (C=O) groups is 1. The lowest BCUT2D eigenvalue weighted by Gasteiger charge is -2.35. The molecule has 0 aliphatic carbocycles. The minimum atomic E-state index is -3.90. The van der Waals surface area contributed by atoms with Crippen LogP contribution in [-0.2, 0) is 14.8 Å². The number of nitrogen functional groups attached to an aromatic ring is 1. The fourth-order valence-corrected chi connectivity index (χ4v) is 2.88. The van der Waals surface area contributed by atoms with E-state index < -0.39 is 16.1 Å². The first-order chi connectivity index (χ1) is 8.80. The largest absolute Gasteiger partial charge is 0.399 e. The Morgan fingerprint density at radius 1 is 1.42 bits per heavy atom. The lowest BCUT2D eigenvalue weighted by atomic mass is 10.1. The molecule has 5 N–H and O–H groups in total. The van der Waals surface area contributed by atoms with E-state index in [0.717, 1.165) is 0 Å². The third-order valence-corrected chi connectivity index (χ3v) is 4.04. The Labute approximate surface area is 111 Å². The van der Waals surface area contributed by atoms with Crippen LogP contribution >= 0.6 is 0 Å². The summed E-state index contributed by atoms with van der Waals surface area (Å²) in [5.74, 6) is -0.150. The molecule has 1 aromatic carbocycles. The number of piperazine rings is 1. The molecule has 0 saturated carbocycles. The van der Waals surface area contributed by atoms with Crippen molar-refractivity contribution >= 4 is 27.3 Å². The van der Waals surface area contributed by atoms with Gasteiger partial charge >= 0.3 is 0 Å². The maximum absolute atomic E-state index is 11.6. The number of anilines is 2. The summed E-state index contributed by atoms with van der Waals surface area (Å²) in [7, 11) is -3.90. The molecule has 1 unspecified atom stereocenters. The van der Waals surface area contributed by atoms with Crippen molar-refractivity contribution in [1.29, 1.82) is 0 Å². The second kappa shape index (κ2) is 4.71. The Morgan fingerprint density at radius 3 is 2.74 bits per heavy atom. The Hall–Kier alpha value is -1.80. The number of nitrogens with zero attached hydrogens (tertiary/aromatic N) is 1. The quantitative estimate of drug-likeness (QED) is 0.617. The van der Waals surface area contributed by atoms with Gasteiger partial charge in [0.05, 0.1) is 5.69 Å². The van der Waals surface area contributed by atoms with Crippen LogP contribution in [0.15, 0.2) is 23.1 Å². The maximum atomic E-state index is 11.6. The van der Waals surface area contributed by atoms with E-state index >= 15 is 0 Å². The average molecular weight is 284 g/mol. The first-order valence-corrected chi connectivity index (χ1v) is 7.32. The van der Waals surface area contributed by atoms with E-state index in [2.05, 4.69) is 5.32 Å². The van der Waals surface area contributed by atoms with Crippen LogP contribution in [0, 0.1) is 0 Å². The summed E-state index contributed by atoms with van der Waals surface area (Å²) in [4.78, 5) is 13.3. The molecule has 2 rings (SSSR count). The van der Waals surface area contributed by atoms with Crippen LogP contribution in [0.5, 0.6) is 0 Å². The average Bonchev–Trinajstić information content (AvgIpc) is 2.32. The number of primary sulfonamides is 1. The Morgan fingerprint density at radius 2 is 2.11 bits per heavy atom. The molecule has 19 heavy (non-hydrogen) atoms. The van der Waals surface area contributed by atoms with Gasteiger partial charge in [-0.15, -0.1) is 0 Å². The summed E-state index contributed by atoms with van der Waals surface area (Å²) < 4.78 is 23.3. The normalized spacial score (nSPS) is 20.2. The Balaban J connectivity index is 2.53. The molecule has 0 bridgehead atoms. The van der Waals surface area contributed by atoms with Crippen LogP contribution in [0.3, 0.4) is 0 Å². The molecule has 1 aromatic rings. The number of rotatable bonds is 2. The highest BCUT2D eigenvalue weighted by Gasteiger charge is 2.29. The highest BCUT2D eigenvalue weighted by Crippen LogP contribution is 2.28. The maximum Gasteiger partial charge on any atom is 0.242 e. The standard InChI is InChI=1S/C11H16N4O3S/c1-7-11(16)14-4-5-15(7)9-3-2-8(12)6-10(9)19(13,17)18/h2-3,6-7H,4-5,12H2,1H3,(H,14,16)(H2,13,17,18). The van der Waals surface area contributed by atoms with E-state index in [4.69, 9.17) is 10.9 Å². The summed E-state index contributed by atoms with van der Waals surface area (Å²) in [6.45, 7) is 2.68. The number of sulfonamides is 1. The van der Waals surface area contributed by atoms with Gasteiger partial charge in [0.2, 0.25) is 15.9 Å². The minimum absolute atomic E-state index is 0.0611. The molecule has 1 aliphatic heterocycles. The molecule has 8 heteroatoms. The highest BCUT2D eigenvalue weighted by molar-refractivity contribution is 7.89. The zero-order valence-electron chi connectivity index (χ0n) is 10.5.